The van der Waals surface area contributed by atoms with Gasteiger partial charge in [-0.3, -0.25) is 4.79 Å². The number of carbonyl (C=O) groups excluding carboxylic acids is 1. The van der Waals surface area contributed by atoms with Gasteiger partial charge in [-0.2, -0.15) is 0 Å². The van der Waals surface area contributed by atoms with Crippen LogP contribution in [0.25, 0.3) is 22.2 Å². The molecule has 2 aromatic carbocycles. The van der Waals surface area contributed by atoms with Gasteiger partial charge in [-0.15, -0.1) is 11.3 Å². The number of para-hydroxylation sites is 1. The molecule has 30 heavy (non-hydrogen) atoms. The van der Waals surface area contributed by atoms with Crippen molar-refractivity contribution in [3.05, 3.63) is 77.3 Å². The molecule has 0 aliphatic carbocycles. The number of nitrogens with zero attached hydrogens (tertiary/aromatic N) is 4. The number of fused-ring (bicyclic) bond motifs is 1. The summed E-state index contributed by atoms with van der Waals surface area (Å²) >= 11 is 1.64. The van der Waals surface area contributed by atoms with Crippen molar-refractivity contribution in [2.75, 3.05) is 31.1 Å². The van der Waals surface area contributed by atoms with Crippen molar-refractivity contribution in [2.45, 2.75) is 6.92 Å². The predicted molar refractivity (Wildman–Crippen MR) is 122 cm³/mol. The van der Waals surface area contributed by atoms with Gasteiger partial charge in [-0.25, -0.2) is 9.97 Å². The summed E-state index contributed by atoms with van der Waals surface area (Å²) in [6.07, 6.45) is 1.83. The lowest BCUT2D eigenvalue weighted by molar-refractivity contribution is 0.0748. The van der Waals surface area contributed by atoms with Crippen molar-refractivity contribution in [1.29, 1.82) is 0 Å². The number of benzene rings is 2. The standard InChI is InChI=1S/C24H22N4OS/c1-17-6-8-18(9-7-17)22-16-20(19-4-2-3-5-21(19)26-22)23(29)27-11-13-28(14-12-27)24-25-10-15-30-24/h2-10,15-16H,11-14H2,1H3. The molecular formula is C24H22N4OS. The first-order chi connectivity index (χ1) is 14.7. The molecule has 3 heterocycles. The Labute approximate surface area is 179 Å². The number of thiazole rings is 1. The summed E-state index contributed by atoms with van der Waals surface area (Å²) in [4.78, 5) is 26.9. The number of amides is 1. The van der Waals surface area contributed by atoms with E-state index in [-0.39, 0.29) is 5.91 Å². The number of pyridine rings is 1. The fraction of sp³-hybridized carbons (Fsp3) is 0.208. The molecule has 0 N–H and O–H groups in total. The Morgan fingerprint density at radius 3 is 2.50 bits per heavy atom. The summed E-state index contributed by atoms with van der Waals surface area (Å²) in [5.41, 5.74) is 4.63. The lowest BCUT2D eigenvalue weighted by Gasteiger charge is -2.34. The zero-order valence-electron chi connectivity index (χ0n) is 16.8. The summed E-state index contributed by atoms with van der Waals surface area (Å²) < 4.78 is 0. The first-order valence-electron chi connectivity index (χ1n) is 10.1. The highest BCUT2D eigenvalue weighted by molar-refractivity contribution is 7.13. The van der Waals surface area contributed by atoms with Gasteiger partial charge in [0, 0.05) is 48.7 Å². The molecular weight excluding hydrogens is 392 g/mol. The van der Waals surface area contributed by atoms with Gasteiger partial charge >= 0.3 is 0 Å². The normalized spacial score (nSPS) is 14.3. The fourth-order valence-electron chi connectivity index (χ4n) is 3.87. The van der Waals surface area contributed by atoms with E-state index >= 15 is 0 Å². The Kier molecular flexibility index (Phi) is 4.93. The second-order valence-electron chi connectivity index (χ2n) is 7.53. The van der Waals surface area contributed by atoms with E-state index in [2.05, 4.69) is 41.1 Å². The molecule has 2 aromatic heterocycles. The molecule has 1 aliphatic heterocycles. The van der Waals surface area contributed by atoms with Crippen LogP contribution >= 0.6 is 11.3 Å². The SMILES string of the molecule is Cc1ccc(-c2cc(C(=O)N3CCN(c4nccs4)CC3)c3ccccc3n2)cc1. The molecule has 5 rings (SSSR count). The topological polar surface area (TPSA) is 49.3 Å². The molecule has 1 amide bonds. The number of rotatable bonds is 3. The van der Waals surface area contributed by atoms with Gasteiger partial charge in [0.2, 0.25) is 0 Å². The number of aryl methyl sites for hydroxylation is 1. The highest BCUT2D eigenvalue weighted by Gasteiger charge is 2.25. The minimum Gasteiger partial charge on any atom is -0.345 e. The Morgan fingerprint density at radius 2 is 1.77 bits per heavy atom. The summed E-state index contributed by atoms with van der Waals surface area (Å²) in [7, 11) is 0. The fourth-order valence-corrected chi connectivity index (χ4v) is 4.56. The monoisotopic (exact) mass is 414 g/mol. The smallest absolute Gasteiger partial charge is 0.254 e. The second kappa shape index (κ2) is 7.88. The first-order valence-corrected chi connectivity index (χ1v) is 11.0. The molecule has 1 aliphatic rings. The molecule has 5 nitrogen and oxygen atoms in total. The molecule has 0 radical (unpaired) electrons. The van der Waals surface area contributed by atoms with E-state index in [1.54, 1.807) is 11.3 Å². The third kappa shape index (κ3) is 3.55. The van der Waals surface area contributed by atoms with Crippen LogP contribution in [0.2, 0.25) is 0 Å². The summed E-state index contributed by atoms with van der Waals surface area (Å²) in [6.45, 7) is 5.04. The molecule has 0 saturated carbocycles. The van der Waals surface area contributed by atoms with Gasteiger partial charge in [0.1, 0.15) is 0 Å². The second-order valence-corrected chi connectivity index (χ2v) is 8.41. The van der Waals surface area contributed by atoms with Gasteiger partial charge in [-0.1, -0.05) is 48.0 Å². The minimum absolute atomic E-state index is 0.0701. The molecule has 1 fully saturated rings. The summed E-state index contributed by atoms with van der Waals surface area (Å²) in [5, 5.41) is 3.92. The lowest BCUT2D eigenvalue weighted by Crippen LogP contribution is -2.48. The number of piperazine rings is 1. The van der Waals surface area contributed by atoms with Gasteiger partial charge in [-0.05, 0) is 19.1 Å². The highest BCUT2D eigenvalue weighted by Crippen LogP contribution is 2.27. The van der Waals surface area contributed by atoms with Crippen molar-refractivity contribution in [2.24, 2.45) is 0 Å². The zero-order valence-corrected chi connectivity index (χ0v) is 17.6. The van der Waals surface area contributed by atoms with E-state index in [0.29, 0.717) is 13.1 Å². The predicted octanol–water partition coefficient (Wildman–Crippen LogP) is 4.63. The average molecular weight is 415 g/mol. The van der Waals surface area contributed by atoms with E-state index in [4.69, 9.17) is 4.98 Å². The van der Waals surface area contributed by atoms with Crippen molar-refractivity contribution < 1.29 is 4.79 Å². The van der Waals surface area contributed by atoms with Crippen LogP contribution in [0.1, 0.15) is 15.9 Å². The maximum absolute atomic E-state index is 13.5. The Bertz CT molecular complexity index is 1180. The number of carbonyl (C=O) groups is 1. The van der Waals surface area contributed by atoms with Crippen molar-refractivity contribution in [3.63, 3.8) is 0 Å². The van der Waals surface area contributed by atoms with E-state index in [0.717, 1.165) is 45.9 Å². The van der Waals surface area contributed by atoms with Gasteiger partial charge in [0.15, 0.2) is 5.13 Å². The van der Waals surface area contributed by atoms with E-state index in [1.165, 1.54) is 5.56 Å². The lowest BCUT2D eigenvalue weighted by atomic mass is 10.0. The number of anilines is 1. The average Bonchev–Trinajstić information content (AvgIpc) is 3.33. The van der Waals surface area contributed by atoms with Crippen LogP contribution in [0.5, 0.6) is 0 Å². The van der Waals surface area contributed by atoms with E-state index in [9.17, 15) is 4.79 Å². The minimum atomic E-state index is 0.0701. The Hall–Kier alpha value is -3.25. The van der Waals surface area contributed by atoms with Crippen LogP contribution in [0, 0.1) is 6.92 Å². The number of hydrogen-bond acceptors (Lipinski definition) is 5. The van der Waals surface area contributed by atoms with Crippen molar-refractivity contribution >= 4 is 33.3 Å². The number of aromatic nitrogens is 2. The van der Waals surface area contributed by atoms with Crippen LogP contribution in [0.4, 0.5) is 5.13 Å². The zero-order chi connectivity index (χ0) is 20.5. The van der Waals surface area contributed by atoms with Crippen molar-refractivity contribution in [1.82, 2.24) is 14.9 Å². The van der Waals surface area contributed by atoms with Crippen LogP contribution < -0.4 is 4.90 Å². The molecule has 0 unspecified atom stereocenters. The van der Waals surface area contributed by atoms with Crippen LogP contribution in [0.15, 0.2) is 66.2 Å². The van der Waals surface area contributed by atoms with Gasteiger partial charge < -0.3 is 9.80 Å². The third-order valence-electron chi connectivity index (χ3n) is 5.55. The first kappa shape index (κ1) is 18.8. The molecule has 0 bridgehead atoms. The molecule has 1 saturated heterocycles. The van der Waals surface area contributed by atoms with E-state index in [1.807, 2.05) is 46.8 Å². The molecule has 150 valence electrons. The van der Waals surface area contributed by atoms with E-state index < -0.39 is 0 Å². The van der Waals surface area contributed by atoms with Crippen LogP contribution in [-0.4, -0.2) is 47.0 Å². The largest absolute Gasteiger partial charge is 0.345 e. The van der Waals surface area contributed by atoms with Crippen LogP contribution in [0.3, 0.4) is 0 Å². The summed E-state index contributed by atoms with van der Waals surface area (Å²) in [5.74, 6) is 0.0701. The molecule has 0 atom stereocenters. The number of hydrogen-bond donors (Lipinski definition) is 0. The molecule has 6 heteroatoms. The van der Waals surface area contributed by atoms with Crippen LogP contribution in [-0.2, 0) is 0 Å². The van der Waals surface area contributed by atoms with Crippen molar-refractivity contribution in [3.8, 4) is 11.3 Å². The molecule has 4 aromatic rings. The quantitative estimate of drug-likeness (QED) is 0.490. The Morgan fingerprint density at radius 1 is 1.00 bits per heavy atom. The maximum Gasteiger partial charge on any atom is 0.254 e. The highest BCUT2D eigenvalue weighted by atomic mass is 32.1. The summed E-state index contributed by atoms with van der Waals surface area (Å²) in [6, 6.07) is 18.1. The maximum atomic E-state index is 13.5. The third-order valence-corrected chi connectivity index (χ3v) is 6.38. The van der Waals surface area contributed by atoms with Gasteiger partial charge in [0.25, 0.3) is 5.91 Å². The van der Waals surface area contributed by atoms with Gasteiger partial charge in [0.05, 0.1) is 16.8 Å². The molecule has 0 spiro atoms. The Balaban J connectivity index is 1.47.